The van der Waals surface area contributed by atoms with Crippen LogP contribution in [0.25, 0.3) is 0 Å². The van der Waals surface area contributed by atoms with E-state index in [1.54, 1.807) is 18.1 Å². The van der Waals surface area contributed by atoms with Crippen molar-refractivity contribution in [1.29, 1.82) is 0 Å². The Balaban J connectivity index is 1.77. The van der Waals surface area contributed by atoms with Gasteiger partial charge in [-0.05, 0) is 37.1 Å². The number of nitrogens with zero attached hydrogens (tertiary/aromatic N) is 2. The van der Waals surface area contributed by atoms with E-state index in [1.807, 2.05) is 49.4 Å². The zero-order valence-corrected chi connectivity index (χ0v) is 13.5. The molecule has 1 aromatic heterocycles. The second kappa shape index (κ2) is 8.08. The highest BCUT2D eigenvalue weighted by Crippen LogP contribution is 2.14. The van der Waals surface area contributed by atoms with Crippen LogP contribution in [-0.2, 0) is 9.59 Å². The third-order valence-electron chi connectivity index (χ3n) is 3.58. The number of hydrogen-bond donors (Lipinski definition) is 1. The highest BCUT2D eigenvalue weighted by molar-refractivity contribution is 5.94. The maximum absolute atomic E-state index is 12.1. The van der Waals surface area contributed by atoms with Crippen LogP contribution in [0.2, 0.25) is 0 Å². The molecule has 0 spiro atoms. The Morgan fingerprint density at radius 1 is 1.09 bits per heavy atom. The summed E-state index contributed by atoms with van der Waals surface area (Å²) in [5, 5.41) is 2.77. The van der Waals surface area contributed by atoms with Crippen LogP contribution in [0.4, 0.5) is 11.5 Å². The summed E-state index contributed by atoms with van der Waals surface area (Å²) in [6, 6.07) is 13.2. The molecule has 0 saturated carbocycles. The number of pyridine rings is 1. The van der Waals surface area contributed by atoms with Crippen molar-refractivity contribution in [3.05, 3.63) is 54.2 Å². The number of carbonyl (C=O) groups excluding carboxylic acids is 2. The van der Waals surface area contributed by atoms with E-state index in [2.05, 4.69) is 10.3 Å². The van der Waals surface area contributed by atoms with Crippen molar-refractivity contribution in [2.75, 3.05) is 17.3 Å². The molecule has 0 atom stereocenters. The fourth-order valence-corrected chi connectivity index (χ4v) is 2.17. The topological polar surface area (TPSA) is 62.3 Å². The van der Waals surface area contributed by atoms with Crippen molar-refractivity contribution in [3.8, 4) is 0 Å². The Labute approximate surface area is 136 Å². The zero-order valence-electron chi connectivity index (χ0n) is 13.5. The molecule has 1 heterocycles. The number of hydrogen-bond acceptors (Lipinski definition) is 3. The van der Waals surface area contributed by atoms with Crippen LogP contribution < -0.4 is 10.2 Å². The van der Waals surface area contributed by atoms with Crippen LogP contribution in [0.15, 0.2) is 48.7 Å². The summed E-state index contributed by atoms with van der Waals surface area (Å²) in [6.45, 7) is 1.89. The Hall–Kier alpha value is -2.69. The Bertz CT molecular complexity index is 671. The largest absolute Gasteiger partial charge is 0.316 e. The first-order chi connectivity index (χ1) is 11.1. The lowest BCUT2D eigenvalue weighted by Gasteiger charge is -2.17. The molecule has 2 aromatic rings. The van der Waals surface area contributed by atoms with Crippen LogP contribution in [0.1, 0.15) is 24.8 Å². The quantitative estimate of drug-likeness (QED) is 0.891. The van der Waals surface area contributed by atoms with Gasteiger partial charge >= 0.3 is 0 Å². The molecular formula is C18H21N3O2. The van der Waals surface area contributed by atoms with E-state index in [-0.39, 0.29) is 11.8 Å². The Morgan fingerprint density at radius 2 is 1.83 bits per heavy atom. The molecule has 0 saturated heterocycles. The lowest BCUT2D eigenvalue weighted by atomic mass is 10.2. The Kier molecular flexibility index (Phi) is 5.86. The molecule has 5 heteroatoms. The van der Waals surface area contributed by atoms with Crippen molar-refractivity contribution < 1.29 is 9.59 Å². The molecule has 23 heavy (non-hydrogen) atoms. The average Bonchev–Trinajstić information content (AvgIpc) is 2.57. The summed E-state index contributed by atoms with van der Waals surface area (Å²) in [5.41, 5.74) is 1.77. The summed E-state index contributed by atoms with van der Waals surface area (Å²) < 4.78 is 0. The molecule has 2 amide bonds. The third-order valence-corrected chi connectivity index (χ3v) is 3.58. The SMILES string of the molecule is Cc1cccnc1NC(=O)CCCC(=O)N(C)c1ccccc1. The fraction of sp³-hybridized carbons (Fsp3) is 0.278. The summed E-state index contributed by atoms with van der Waals surface area (Å²) >= 11 is 0. The maximum atomic E-state index is 12.1. The van der Waals surface area contributed by atoms with Gasteiger partial charge in [-0.2, -0.15) is 0 Å². The number of amides is 2. The second-order valence-corrected chi connectivity index (χ2v) is 5.36. The van der Waals surface area contributed by atoms with Crippen LogP contribution in [-0.4, -0.2) is 23.8 Å². The number of aryl methyl sites for hydroxylation is 1. The van der Waals surface area contributed by atoms with E-state index >= 15 is 0 Å². The third kappa shape index (κ3) is 4.92. The first-order valence-electron chi connectivity index (χ1n) is 7.61. The van der Waals surface area contributed by atoms with E-state index in [1.165, 1.54) is 0 Å². The van der Waals surface area contributed by atoms with Crippen LogP contribution in [0.3, 0.4) is 0 Å². The summed E-state index contributed by atoms with van der Waals surface area (Å²) in [7, 11) is 1.75. The van der Waals surface area contributed by atoms with Gasteiger partial charge in [-0.25, -0.2) is 4.98 Å². The fourth-order valence-electron chi connectivity index (χ4n) is 2.17. The number of rotatable bonds is 6. The number of nitrogens with one attached hydrogen (secondary N) is 1. The highest BCUT2D eigenvalue weighted by Gasteiger charge is 2.12. The van der Waals surface area contributed by atoms with Gasteiger partial charge in [0.15, 0.2) is 0 Å². The van der Waals surface area contributed by atoms with Gasteiger partial charge < -0.3 is 10.2 Å². The van der Waals surface area contributed by atoms with Gasteiger partial charge in [0, 0.05) is 31.8 Å². The van der Waals surface area contributed by atoms with Crippen molar-refractivity contribution in [1.82, 2.24) is 4.98 Å². The van der Waals surface area contributed by atoms with Crippen LogP contribution in [0.5, 0.6) is 0 Å². The molecule has 0 fully saturated rings. The van der Waals surface area contributed by atoms with Crippen LogP contribution >= 0.6 is 0 Å². The predicted octanol–water partition coefficient (Wildman–Crippen LogP) is 3.16. The second-order valence-electron chi connectivity index (χ2n) is 5.36. The highest BCUT2D eigenvalue weighted by atomic mass is 16.2. The molecule has 0 bridgehead atoms. The molecule has 0 aliphatic heterocycles. The number of aromatic nitrogens is 1. The summed E-state index contributed by atoms with van der Waals surface area (Å²) in [4.78, 5) is 29.8. The molecule has 120 valence electrons. The summed E-state index contributed by atoms with van der Waals surface area (Å²) in [5.74, 6) is 0.449. The van der Waals surface area contributed by atoms with Gasteiger partial charge in [0.1, 0.15) is 5.82 Å². The van der Waals surface area contributed by atoms with E-state index in [0.29, 0.717) is 25.1 Å². The van der Waals surface area contributed by atoms with Crippen molar-refractivity contribution in [2.24, 2.45) is 0 Å². The van der Waals surface area contributed by atoms with Crippen molar-refractivity contribution >= 4 is 23.3 Å². The Morgan fingerprint density at radius 3 is 2.52 bits per heavy atom. The zero-order chi connectivity index (χ0) is 16.7. The van der Waals surface area contributed by atoms with Gasteiger partial charge in [-0.15, -0.1) is 0 Å². The van der Waals surface area contributed by atoms with Gasteiger partial charge in [-0.1, -0.05) is 24.3 Å². The number of carbonyl (C=O) groups is 2. The molecule has 2 rings (SSSR count). The van der Waals surface area contributed by atoms with E-state index < -0.39 is 0 Å². The lowest BCUT2D eigenvalue weighted by molar-refractivity contribution is -0.118. The molecule has 0 aliphatic carbocycles. The number of para-hydroxylation sites is 1. The molecule has 0 unspecified atom stereocenters. The normalized spacial score (nSPS) is 10.2. The molecule has 5 nitrogen and oxygen atoms in total. The van der Waals surface area contributed by atoms with Gasteiger partial charge in [-0.3, -0.25) is 9.59 Å². The predicted molar refractivity (Wildman–Crippen MR) is 91.3 cm³/mol. The minimum Gasteiger partial charge on any atom is -0.316 e. The van der Waals surface area contributed by atoms with Crippen LogP contribution in [0, 0.1) is 6.92 Å². The monoisotopic (exact) mass is 311 g/mol. The first-order valence-corrected chi connectivity index (χ1v) is 7.61. The summed E-state index contributed by atoms with van der Waals surface area (Å²) in [6.07, 6.45) is 2.78. The molecule has 1 aromatic carbocycles. The first kappa shape index (κ1) is 16.7. The maximum Gasteiger partial charge on any atom is 0.226 e. The average molecular weight is 311 g/mol. The van der Waals surface area contributed by atoms with Gasteiger partial charge in [0.25, 0.3) is 0 Å². The smallest absolute Gasteiger partial charge is 0.226 e. The molecule has 0 radical (unpaired) electrons. The number of benzene rings is 1. The standard InChI is InChI=1S/C18H21N3O2/c1-14-8-7-13-19-18(14)20-16(22)11-6-12-17(23)21(2)15-9-4-3-5-10-15/h3-5,7-10,13H,6,11-12H2,1-2H3,(H,19,20,22). The minimum atomic E-state index is -0.123. The van der Waals surface area contributed by atoms with E-state index in [9.17, 15) is 9.59 Å². The van der Waals surface area contributed by atoms with Crippen molar-refractivity contribution in [2.45, 2.75) is 26.2 Å². The minimum absolute atomic E-state index is 0.00184. The molecule has 1 N–H and O–H groups in total. The van der Waals surface area contributed by atoms with Crippen molar-refractivity contribution in [3.63, 3.8) is 0 Å². The molecule has 0 aliphatic rings. The van der Waals surface area contributed by atoms with E-state index in [0.717, 1.165) is 11.3 Å². The molecular weight excluding hydrogens is 290 g/mol. The van der Waals surface area contributed by atoms with Gasteiger partial charge in [0.2, 0.25) is 11.8 Å². The van der Waals surface area contributed by atoms with E-state index in [4.69, 9.17) is 0 Å². The number of anilines is 2. The lowest BCUT2D eigenvalue weighted by Crippen LogP contribution is -2.26. The van der Waals surface area contributed by atoms with Gasteiger partial charge in [0.05, 0.1) is 0 Å².